The maximum Gasteiger partial charge on any atom is 0.336 e. The number of rotatable bonds is 5. The number of hydrogen-bond acceptors (Lipinski definition) is 4. The Morgan fingerprint density at radius 1 is 1.42 bits per heavy atom. The summed E-state index contributed by atoms with van der Waals surface area (Å²) in [6.45, 7) is 8.47. The van der Waals surface area contributed by atoms with E-state index in [0.717, 1.165) is 38.5 Å². The predicted molar refractivity (Wildman–Crippen MR) is 97.3 cm³/mol. The van der Waals surface area contributed by atoms with Crippen molar-refractivity contribution in [1.29, 1.82) is 0 Å². The predicted octanol–water partition coefficient (Wildman–Crippen LogP) is 4.09. The fraction of sp³-hybridized carbons (Fsp3) is 0.714. The number of aliphatic carboxylic acids is 1. The molecule has 1 aliphatic heterocycles. The van der Waals surface area contributed by atoms with Crippen molar-refractivity contribution in [1.82, 2.24) is 0 Å². The second kappa shape index (κ2) is 6.84. The molecule has 3 aliphatic rings. The van der Waals surface area contributed by atoms with E-state index in [0.29, 0.717) is 12.0 Å². The van der Waals surface area contributed by atoms with E-state index in [9.17, 15) is 14.7 Å². The van der Waals surface area contributed by atoms with E-state index in [-0.39, 0.29) is 23.2 Å². The minimum atomic E-state index is -0.676. The van der Waals surface area contributed by atoms with Gasteiger partial charge in [-0.2, -0.15) is 0 Å². The van der Waals surface area contributed by atoms with Crippen molar-refractivity contribution in [2.75, 3.05) is 7.11 Å². The van der Waals surface area contributed by atoms with Crippen molar-refractivity contribution in [2.24, 2.45) is 22.7 Å². The number of allylic oxidation sites excluding steroid dienone is 1. The lowest BCUT2D eigenvalue weighted by Crippen LogP contribution is -2.53. The number of ether oxygens (including phenoxy) is 2. The summed E-state index contributed by atoms with van der Waals surface area (Å²) in [5, 5.41) is 9.89. The lowest BCUT2D eigenvalue weighted by molar-refractivity contribution is -0.164. The molecule has 0 saturated heterocycles. The quantitative estimate of drug-likeness (QED) is 0.589. The summed E-state index contributed by atoms with van der Waals surface area (Å²) in [5.74, 6) is -0.604. The molecule has 2 aliphatic carbocycles. The number of hydrogen-bond donors (Lipinski definition) is 1. The average molecular weight is 362 g/mol. The van der Waals surface area contributed by atoms with Gasteiger partial charge in [0, 0.05) is 12.7 Å². The Morgan fingerprint density at radius 3 is 2.77 bits per heavy atom. The van der Waals surface area contributed by atoms with Crippen molar-refractivity contribution in [3.8, 4) is 0 Å². The molecule has 0 aromatic heterocycles. The van der Waals surface area contributed by atoms with E-state index in [1.54, 1.807) is 6.08 Å². The molecule has 3 rings (SSSR count). The summed E-state index contributed by atoms with van der Waals surface area (Å²) >= 11 is 0. The van der Waals surface area contributed by atoms with Gasteiger partial charge in [-0.05, 0) is 68.8 Å². The largest absolute Gasteiger partial charge is 0.481 e. The van der Waals surface area contributed by atoms with E-state index in [1.165, 1.54) is 12.7 Å². The number of carboxylic acid groups (broad SMARTS) is 1. The highest BCUT2D eigenvalue weighted by atomic mass is 16.7. The molecule has 5 heteroatoms. The third kappa shape index (κ3) is 3.00. The number of carbonyl (C=O) groups is 2. The topological polar surface area (TPSA) is 72.8 Å². The molecule has 144 valence electrons. The summed E-state index contributed by atoms with van der Waals surface area (Å²) < 4.78 is 10.2. The zero-order valence-electron chi connectivity index (χ0n) is 16.0. The van der Waals surface area contributed by atoms with Gasteiger partial charge in [0.05, 0.1) is 5.41 Å². The number of methoxy groups -OCH3 is 1. The van der Waals surface area contributed by atoms with Gasteiger partial charge in [-0.3, -0.25) is 4.79 Å². The molecule has 0 spiro atoms. The maximum atomic E-state index is 12.0. The zero-order chi connectivity index (χ0) is 19.1. The van der Waals surface area contributed by atoms with E-state index in [2.05, 4.69) is 13.5 Å². The fourth-order valence-corrected chi connectivity index (χ4v) is 5.79. The highest BCUT2D eigenvalue weighted by Gasteiger charge is 2.57. The molecular weight excluding hydrogens is 332 g/mol. The maximum absolute atomic E-state index is 12.0. The minimum absolute atomic E-state index is 0.0789. The van der Waals surface area contributed by atoms with Gasteiger partial charge >= 0.3 is 11.9 Å². The molecule has 0 aromatic carbocycles. The first-order valence-electron chi connectivity index (χ1n) is 9.58. The Hall–Kier alpha value is -1.62. The van der Waals surface area contributed by atoms with Crippen LogP contribution in [0.2, 0.25) is 0 Å². The first kappa shape index (κ1) is 19.2. The lowest BCUT2D eigenvalue weighted by atomic mass is 9.46. The van der Waals surface area contributed by atoms with Gasteiger partial charge in [-0.25, -0.2) is 4.79 Å². The van der Waals surface area contributed by atoms with Crippen LogP contribution < -0.4 is 0 Å². The highest BCUT2D eigenvalue weighted by molar-refractivity contribution is 5.90. The Balaban J connectivity index is 1.81. The molecule has 5 unspecified atom stereocenters. The fourth-order valence-electron chi connectivity index (χ4n) is 5.79. The van der Waals surface area contributed by atoms with Crippen LogP contribution in [0.1, 0.15) is 58.8 Å². The molecule has 0 aromatic rings. The van der Waals surface area contributed by atoms with Crippen LogP contribution in [0.3, 0.4) is 0 Å². The van der Waals surface area contributed by atoms with Crippen molar-refractivity contribution < 1.29 is 24.2 Å². The summed E-state index contributed by atoms with van der Waals surface area (Å²) in [4.78, 5) is 24.0. The molecule has 5 nitrogen and oxygen atoms in total. The standard InChI is InChI=1S/C21H30O5/c1-13-6-9-16-20(2,10-5-11-21(16,3)19(23)24)15(13)8-7-14-12-17(25-4)26-18(14)22/h12,15-17H,1,5-11H2,2-4H3,(H,23,24). The molecule has 1 N–H and O–H groups in total. The molecule has 0 amide bonds. The smallest absolute Gasteiger partial charge is 0.336 e. The van der Waals surface area contributed by atoms with Gasteiger partial charge in [-0.1, -0.05) is 25.5 Å². The summed E-state index contributed by atoms with van der Waals surface area (Å²) in [6, 6.07) is 0. The van der Waals surface area contributed by atoms with Crippen LogP contribution in [0.25, 0.3) is 0 Å². The van der Waals surface area contributed by atoms with Crippen LogP contribution in [-0.4, -0.2) is 30.4 Å². The molecule has 5 atom stereocenters. The molecule has 26 heavy (non-hydrogen) atoms. The van der Waals surface area contributed by atoms with Crippen LogP contribution >= 0.6 is 0 Å². The van der Waals surface area contributed by atoms with Gasteiger partial charge in [0.25, 0.3) is 0 Å². The van der Waals surface area contributed by atoms with E-state index >= 15 is 0 Å². The van der Waals surface area contributed by atoms with Gasteiger partial charge < -0.3 is 14.6 Å². The van der Waals surface area contributed by atoms with Crippen molar-refractivity contribution in [3.63, 3.8) is 0 Å². The van der Waals surface area contributed by atoms with Gasteiger partial charge in [-0.15, -0.1) is 0 Å². The van der Waals surface area contributed by atoms with Crippen LogP contribution in [0.4, 0.5) is 0 Å². The van der Waals surface area contributed by atoms with Gasteiger partial charge in [0.15, 0.2) is 0 Å². The first-order chi connectivity index (χ1) is 12.2. The zero-order valence-corrected chi connectivity index (χ0v) is 16.0. The third-order valence-electron chi connectivity index (χ3n) is 7.27. The Morgan fingerprint density at radius 2 is 2.15 bits per heavy atom. The normalized spacial score (nSPS) is 40.0. The van der Waals surface area contributed by atoms with Crippen LogP contribution in [0.15, 0.2) is 23.8 Å². The Bertz CT molecular complexity index is 651. The highest BCUT2D eigenvalue weighted by Crippen LogP contribution is 2.62. The van der Waals surface area contributed by atoms with Crippen LogP contribution in [0, 0.1) is 22.7 Å². The Kier molecular flexibility index (Phi) is 5.04. The molecule has 1 heterocycles. The number of carbonyl (C=O) groups excluding carboxylic acids is 1. The van der Waals surface area contributed by atoms with Crippen molar-refractivity contribution in [3.05, 3.63) is 23.8 Å². The van der Waals surface area contributed by atoms with Crippen LogP contribution in [-0.2, 0) is 19.1 Å². The molecular formula is C21H30O5. The molecule has 2 fully saturated rings. The molecule has 2 saturated carbocycles. The van der Waals surface area contributed by atoms with Crippen LogP contribution in [0.5, 0.6) is 0 Å². The third-order valence-corrected chi connectivity index (χ3v) is 7.27. The van der Waals surface area contributed by atoms with E-state index in [4.69, 9.17) is 9.47 Å². The summed E-state index contributed by atoms with van der Waals surface area (Å²) in [7, 11) is 1.51. The SMILES string of the molecule is C=C1CCC2C(C)(C(=O)O)CCCC2(C)C1CCC1=CC(OC)OC1=O. The Labute approximate surface area is 155 Å². The second-order valence-electron chi connectivity index (χ2n) is 8.62. The van der Waals surface area contributed by atoms with Gasteiger partial charge in [0.2, 0.25) is 6.29 Å². The van der Waals surface area contributed by atoms with E-state index < -0.39 is 17.7 Å². The number of carboxylic acids is 1. The lowest BCUT2D eigenvalue weighted by Gasteiger charge is -2.57. The number of cyclic esters (lactones) is 1. The number of esters is 1. The molecule has 0 bridgehead atoms. The summed E-state index contributed by atoms with van der Waals surface area (Å²) in [6.07, 6.45) is 7.05. The van der Waals surface area contributed by atoms with Crippen molar-refractivity contribution >= 4 is 11.9 Å². The molecule has 0 radical (unpaired) electrons. The summed E-state index contributed by atoms with van der Waals surface area (Å²) in [5.41, 5.74) is 1.11. The number of fused-ring (bicyclic) bond motifs is 1. The average Bonchev–Trinajstić information content (AvgIpc) is 2.94. The second-order valence-corrected chi connectivity index (χ2v) is 8.62. The van der Waals surface area contributed by atoms with Gasteiger partial charge in [0.1, 0.15) is 0 Å². The van der Waals surface area contributed by atoms with E-state index in [1.807, 2.05) is 6.92 Å². The monoisotopic (exact) mass is 362 g/mol. The first-order valence-corrected chi connectivity index (χ1v) is 9.58. The minimum Gasteiger partial charge on any atom is -0.481 e. The van der Waals surface area contributed by atoms with Crippen molar-refractivity contribution in [2.45, 2.75) is 65.1 Å².